The van der Waals surface area contributed by atoms with Gasteiger partial charge in [0.2, 0.25) is 0 Å². The summed E-state index contributed by atoms with van der Waals surface area (Å²) in [5.41, 5.74) is 5.43. The van der Waals surface area contributed by atoms with Crippen LogP contribution in [0, 0.1) is 5.92 Å². The topological polar surface area (TPSA) is 75.3 Å². The molecule has 4 N–H and O–H groups in total. The summed E-state index contributed by atoms with van der Waals surface area (Å²) in [7, 11) is 0. The van der Waals surface area contributed by atoms with Gasteiger partial charge in [0, 0.05) is 0 Å². The minimum atomic E-state index is -0.881. The first-order chi connectivity index (χ1) is 5.70. The molecule has 0 aromatic carbocycles. The van der Waals surface area contributed by atoms with Gasteiger partial charge < -0.3 is 16.2 Å². The molecule has 1 unspecified atom stereocenters. The van der Waals surface area contributed by atoms with Crippen molar-refractivity contribution in [1.29, 1.82) is 0 Å². The number of nitrogens with one attached hydrogen (secondary N) is 1. The molecule has 1 rings (SSSR count). The van der Waals surface area contributed by atoms with E-state index in [1.807, 2.05) is 0 Å². The van der Waals surface area contributed by atoms with Crippen LogP contribution < -0.4 is 11.1 Å². The molecule has 0 amide bonds. The summed E-state index contributed by atoms with van der Waals surface area (Å²) in [5, 5.41) is 11.8. The molecule has 1 aliphatic rings. The molecule has 14 heavy (non-hydrogen) atoms. The Kier molecular flexibility index (Phi) is 9.72. The third kappa shape index (κ3) is 5.65. The van der Waals surface area contributed by atoms with Crippen molar-refractivity contribution in [2.24, 2.45) is 11.7 Å². The van der Waals surface area contributed by atoms with Crippen LogP contribution in [-0.2, 0) is 4.79 Å². The lowest BCUT2D eigenvalue weighted by Crippen LogP contribution is -2.36. The van der Waals surface area contributed by atoms with Crippen molar-refractivity contribution in [3.63, 3.8) is 0 Å². The second-order valence-electron chi connectivity index (χ2n) is 3.37. The zero-order chi connectivity index (χ0) is 8.97. The highest BCUT2D eigenvalue weighted by molar-refractivity contribution is 5.85. The van der Waals surface area contributed by atoms with E-state index < -0.39 is 12.0 Å². The molecule has 86 valence electrons. The maximum absolute atomic E-state index is 10.4. The number of rotatable bonds is 3. The Hall–Kier alpha value is -0.0300. The standard InChI is InChI=1S/C8H16N2O2.2ClH/c9-7(8(11)12)5-6-1-3-10-4-2-6;;/h6-7,10H,1-5,9H2,(H,11,12);2*1H. The first kappa shape index (κ1) is 16.4. The van der Waals surface area contributed by atoms with Gasteiger partial charge in [-0.1, -0.05) is 0 Å². The predicted octanol–water partition coefficient (Wildman–Crippen LogP) is 0.632. The molecule has 0 aliphatic carbocycles. The average Bonchev–Trinajstić information content (AvgIpc) is 2.06. The van der Waals surface area contributed by atoms with Crippen molar-refractivity contribution in [1.82, 2.24) is 5.32 Å². The number of hydrogen-bond acceptors (Lipinski definition) is 3. The Balaban J connectivity index is 0. The van der Waals surface area contributed by atoms with Crippen molar-refractivity contribution in [3.05, 3.63) is 0 Å². The normalized spacial score (nSPS) is 18.9. The maximum atomic E-state index is 10.4. The van der Waals surface area contributed by atoms with E-state index in [4.69, 9.17) is 10.8 Å². The van der Waals surface area contributed by atoms with Crippen LogP contribution in [0.25, 0.3) is 0 Å². The SMILES string of the molecule is Cl.Cl.NC(CC1CCNCC1)C(=O)O. The smallest absolute Gasteiger partial charge is 0.320 e. The minimum absolute atomic E-state index is 0. The molecule has 0 radical (unpaired) electrons. The molecule has 6 heteroatoms. The Morgan fingerprint density at radius 3 is 2.36 bits per heavy atom. The van der Waals surface area contributed by atoms with Crippen molar-refractivity contribution >= 4 is 30.8 Å². The van der Waals surface area contributed by atoms with Crippen LogP contribution >= 0.6 is 24.8 Å². The number of nitrogens with two attached hydrogens (primary N) is 1. The molecule has 1 aliphatic heterocycles. The molecular weight excluding hydrogens is 227 g/mol. The second-order valence-corrected chi connectivity index (χ2v) is 3.37. The highest BCUT2D eigenvalue weighted by Gasteiger charge is 2.19. The van der Waals surface area contributed by atoms with Crippen LogP contribution in [0.4, 0.5) is 0 Å². The molecule has 1 fully saturated rings. The van der Waals surface area contributed by atoms with Gasteiger partial charge in [0.15, 0.2) is 0 Å². The van der Waals surface area contributed by atoms with Crippen molar-refractivity contribution < 1.29 is 9.90 Å². The van der Waals surface area contributed by atoms with E-state index in [0.717, 1.165) is 25.9 Å². The summed E-state index contributed by atoms with van der Waals surface area (Å²) in [6.07, 6.45) is 2.74. The molecule has 4 nitrogen and oxygen atoms in total. The summed E-state index contributed by atoms with van der Waals surface area (Å²) >= 11 is 0. The third-order valence-corrected chi connectivity index (χ3v) is 2.36. The zero-order valence-corrected chi connectivity index (χ0v) is 9.57. The number of hydrogen-bond donors (Lipinski definition) is 3. The second kappa shape index (κ2) is 8.29. The van der Waals surface area contributed by atoms with E-state index in [9.17, 15) is 4.79 Å². The van der Waals surface area contributed by atoms with E-state index in [-0.39, 0.29) is 24.8 Å². The van der Waals surface area contributed by atoms with Gasteiger partial charge in [0.05, 0.1) is 0 Å². The molecule has 0 bridgehead atoms. The molecule has 0 spiro atoms. The lowest BCUT2D eigenvalue weighted by Gasteiger charge is -2.23. The number of carbonyl (C=O) groups is 1. The summed E-state index contributed by atoms with van der Waals surface area (Å²) in [5.74, 6) is -0.383. The van der Waals surface area contributed by atoms with Crippen molar-refractivity contribution in [2.75, 3.05) is 13.1 Å². The first-order valence-electron chi connectivity index (χ1n) is 4.39. The van der Waals surface area contributed by atoms with E-state index >= 15 is 0 Å². The Morgan fingerprint density at radius 2 is 1.93 bits per heavy atom. The maximum Gasteiger partial charge on any atom is 0.320 e. The average molecular weight is 245 g/mol. The number of halogens is 2. The quantitative estimate of drug-likeness (QED) is 0.681. The van der Waals surface area contributed by atoms with Gasteiger partial charge in [-0.15, -0.1) is 24.8 Å². The summed E-state index contributed by atoms with van der Waals surface area (Å²) < 4.78 is 0. The third-order valence-electron chi connectivity index (χ3n) is 2.36. The van der Waals surface area contributed by atoms with Crippen LogP contribution in [0.1, 0.15) is 19.3 Å². The van der Waals surface area contributed by atoms with Crippen LogP contribution in [0.3, 0.4) is 0 Å². The van der Waals surface area contributed by atoms with Crippen LogP contribution in [0.2, 0.25) is 0 Å². The van der Waals surface area contributed by atoms with Gasteiger partial charge in [0.1, 0.15) is 6.04 Å². The van der Waals surface area contributed by atoms with E-state index in [1.165, 1.54) is 0 Å². The predicted molar refractivity (Wildman–Crippen MR) is 60.3 cm³/mol. The van der Waals surface area contributed by atoms with Gasteiger partial charge >= 0.3 is 5.97 Å². The van der Waals surface area contributed by atoms with E-state index in [0.29, 0.717) is 12.3 Å². The molecule has 1 saturated heterocycles. The number of piperidine rings is 1. The van der Waals surface area contributed by atoms with Gasteiger partial charge in [-0.3, -0.25) is 4.79 Å². The largest absolute Gasteiger partial charge is 0.480 e. The highest BCUT2D eigenvalue weighted by atomic mass is 35.5. The zero-order valence-electron chi connectivity index (χ0n) is 7.94. The van der Waals surface area contributed by atoms with Crippen LogP contribution in [0.15, 0.2) is 0 Å². The summed E-state index contributed by atoms with van der Waals surface area (Å²) in [6.45, 7) is 1.99. The fraction of sp³-hybridized carbons (Fsp3) is 0.875. The Morgan fingerprint density at radius 1 is 1.43 bits per heavy atom. The summed E-state index contributed by atoms with van der Waals surface area (Å²) in [4.78, 5) is 10.4. The molecule has 1 heterocycles. The minimum Gasteiger partial charge on any atom is -0.480 e. The van der Waals surface area contributed by atoms with Gasteiger partial charge in [-0.25, -0.2) is 0 Å². The van der Waals surface area contributed by atoms with Crippen LogP contribution in [-0.4, -0.2) is 30.2 Å². The fourth-order valence-corrected chi connectivity index (χ4v) is 1.58. The monoisotopic (exact) mass is 244 g/mol. The van der Waals surface area contributed by atoms with Crippen molar-refractivity contribution in [3.8, 4) is 0 Å². The van der Waals surface area contributed by atoms with Gasteiger partial charge in [-0.2, -0.15) is 0 Å². The molecule has 1 atom stereocenters. The van der Waals surface area contributed by atoms with Crippen LogP contribution in [0.5, 0.6) is 0 Å². The molecule has 0 saturated carbocycles. The Bertz CT molecular complexity index is 163. The molecule has 0 aromatic heterocycles. The summed E-state index contributed by atoms with van der Waals surface area (Å²) in [6, 6.07) is -0.673. The first-order valence-corrected chi connectivity index (χ1v) is 4.39. The number of carboxylic acids is 1. The van der Waals surface area contributed by atoms with Gasteiger partial charge in [0.25, 0.3) is 0 Å². The van der Waals surface area contributed by atoms with E-state index in [2.05, 4.69) is 5.32 Å². The number of aliphatic carboxylic acids is 1. The lowest BCUT2D eigenvalue weighted by atomic mass is 9.91. The fourth-order valence-electron chi connectivity index (χ4n) is 1.58. The molecular formula is C8H18Cl2N2O2. The van der Waals surface area contributed by atoms with Gasteiger partial charge in [-0.05, 0) is 38.3 Å². The highest BCUT2D eigenvalue weighted by Crippen LogP contribution is 2.16. The van der Waals surface area contributed by atoms with Crippen molar-refractivity contribution in [2.45, 2.75) is 25.3 Å². The van der Waals surface area contributed by atoms with E-state index in [1.54, 1.807) is 0 Å². The number of carboxylic acid groups (broad SMARTS) is 1. The Labute approximate surface area is 96.4 Å². The lowest BCUT2D eigenvalue weighted by molar-refractivity contribution is -0.139. The molecule has 0 aromatic rings.